The average Bonchev–Trinajstić information content (AvgIpc) is 2.94. The maximum Gasteiger partial charge on any atom is 0.326 e. The van der Waals surface area contributed by atoms with Gasteiger partial charge in [0.15, 0.2) is 0 Å². The van der Waals surface area contributed by atoms with Crippen molar-refractivity contribution in [2.45, 2.75) is 26.3 Å². The average molecular weight is 337 g/mol. The standard InChI is InChI=1S/C17H27N3O4/c1-12(2)15(17(23)24)19(5)16(22)13-8-10-20(11-13)14(21)7-6-9-18(3)4/h12-13,15H,8-11H2,1-5H3,(H,23,24)/t13-,15-/m0/s1. The van der Waals surface area contributed by atoms with Crippen molar-refractivity contribution in [1.82, 2.24) is 14.7 Å². The predicted molar refractivity (Wildman–Crippen MR) is 90.0 cm³/mol. The molecule has 134 valence electrons. The van der Waals surface area contributed by atoms with Gasteiger partial charge >= 0.3 is 5.97 Å². The lowest BCUT2D eigenvalue weighted by atomic mass is 10.0. The number of carbonyl (C=O) groups excluding carboxylic acids is 2. The zero-order chi connectivity index (χ0) is 18.4. The van der Waals surface area contributed by atoms with Gasteiger partial charge in [-0.05, 0) is 32.4 Å². The van der Waals surface area contributed by atoms with E-state index in [0.717, 1.165) is 0 Å². The molecule has 1 N–H and O–H groups in total. The molecule has 0 aliphatic carbocycles. The van der Waals surface area contributed by atoms with Crippen molar-refractivity contribution in [3.8, 4) is 11.8 Å². The zero-order valence-corrected chi connectivity index (χ0v) is 15.1. The zero-order valence-electron chi connectivity index (χ0n) is 15.1. The molecular formula is C17H27N3O4. The molecule has 0 radical (unpaired) electrons. The molecule has 24 heavy (non-hydrogen) atoms. The van der Waals surface area contributed by atoms with Crippen LogP contribution in [-0.4, -0.2) is 84.4 Å². The Hall–Kier alpha value is -2.07. The summed E-state index contributed by atoms with van der Waals surface area (Å²) in [5, 5.41) is 9.31. The van der Waals surface area contributed by atoms with Gasteiger partial charge in [-0.2, -0.15) is 0 Å². The van der Waals surface area contributed by atoms with Gasteiger partial charge in [-0.15, -0.1) is 0 Å². The number of aliphatic carboxylic acids is 1. The maximum atomic E-state index is 12.5. The second-order valence-electron chi connectivity index (χ2n) is 6.75. The molecule has 0 spiro atoms. The van der Waals surface area contributed by atoms with Gasteiger partial charge < -0.3 is 14.9 Å². The van der Waals surface area contributed by atoms with Crippen molar-refractivity contribution in [3.05, 3.63) is 0 Å². The molecule has 0 unspecified atom stereocenters. The van der Waals surface area contributed by atoms with Crippen LogP contribution in [0, 0.1) is 23.7 Å². The molecule has 1 aliphatic rings. The number of carboxylic acids is 1. The van der Waals surface area contributed by atoms with E-state index >= 15 is 0 Å². The minimum Gasteiger partial charge on any atom is -0.480 e. The number of carbonyl (C=O) groups is 3. The quantitative estimate of drug-likeness (QED) is 0.713. The number of nitrogens with zero attached hydrogens (tertiary/aromatic N) is 3. The Morgan fingerprint density at radius 3 is 2.38 bits per heavy atom. The third-order valence-corrected chi connectivity index (χ3v) is 4.06. The van der Waals surface area contributed by atoms with Gasteiger partial charge in [-0.3, -0.25) is 14.5 Å². The summed E-state index contributed by atoms with van der Waals surface area (Å²) in [5.41, 5.74) is 0. The minimum absolute atomic E-state index is 0.188. The van der Waals surface area contributed by atoms with E-state index < -0.39 is 12.0 Å². The molecule has 1 heterocycles. The Labute approximate surface area is 143 Å². The van der Waals surface area contributed by atoms with Crippen LogP contribution in [0.2, 0.25) is 0 Å². The highest BCUT2D eigenvalue weighted by Crippen LogP contribution is 2.21. The second-order valence-corrected chi connectivity index (χ2v) is 6.75. The van der Waals surface area contributed by atoms with Crippen molar-refractivity contribution >= 4 is 17.8 Å². The summed E-state index contributed by atoms with van der Waals surface area (Å²) in [6.07, 6.45) is 0.536. The summed E-state index contributed by atoms with van der Waals surface area (Å²) < 4.78 is 0. The van der Waals surface area contributed by atoms with Crippen LogP contribution in [-0.2, 0) is 14.4 Å². The summed E-state index contributed by atoms with van der Waals surface area (Å²) in [5.74, 6) is 3.29. The summed E-state index contributed by atoms with van der Waals surface area (Å²) >= 11 is 0. The lowest BCUT2D eigenvalue weighted by Crippen LogP contribution is -2.48. The van der Waals surface area contributed by atoms with E-state index in [1.54, 1.807) is 18.7 Å². The van der Waals surface area contributed by atoms with E-state index in [-0.39, 0.29) is 23.7 Å². The molecule has 0 aromatic carbocycles. The van der Waals surface area contributed by atoms with Gasteiger partial charge in [-0.25, -0.2) is 4.79 Å². The highest BCUT2D eigenvalue weighted by Gasteiger charge is 2.37. The van der Waals surface area contributed by atoms with Crippen LogP contribution in [0.5, 0.6) is 0 Å². The first-order chi connectivity index (χ1) is 11.1. The Kier molecular flexibility index (Phi) is 7.23. The molecule has 1 saturated heterocycles. The molecule has 1 fully saturated rings. The summed E-state index contributed by atoms with van der Waals surface area (Å²) in [7, 11) is 5.25. The van der Waals surface area contributed by atoms with Crippen LogP contribution >= 0.6 is 0 Å². The Balaban J connectivity index is 2.67. The lowest BCUT2D eigenvalue weighted by molar-refractivity contribution is -0.152. The first kappa shape index (κ1) is 20.0. The second kappa shape index (κ2) is 8.69. The summed E-state index contributed by atoms with van der Waals surface area (Å²) in [6.45, 7) is 4.81. The molecule has 0 aromatic heterocycles. The largest absolute Gasteiger partial charge is 0.480 e. The van der Waals surface area contributed by atoms with Crippen LogP contribution in [0.4, 0.5) is 0 Å². The number of hydrogen-bond donors (Lipinski definition) is 1. The Morgan fingerprint density at radius 2 is 1.88 bits per heavy atom. The smallest absolute Gasteiger partial charge is 0.326 e. The van der Waals surface area contributed by atoms with Gasteiger partial charge in [-0.1, -0.05) is 19.8 Å². The Morgan fingerprint density at radius 1 is 1.25 bits per heavy atom. The van der Waals surface area contributed by atoms with Gasteiger partial charge in [0.2, 0.25) is 5.91 Å². The van der Waals surface area contributed by atoms with Crippen molar-refractivity contribution in [3.63, 3.8) is 0 Å². The van der Waals surface area contributed by atoms with Crippen molar-refractivity contribution in [1.29, 1.82) is 0 Å². The fourth-order valence-corrected chi connectivity index (χ4v) is 2.82. The Bertz CT molecular complexity index is 548. The van der Waals surface area contributed by atoms with E-state index in [1.165, 1.54) is 11.9 Å². The van der Waals surface area contributed by atoms with Gasteiger partial charge in [0.05, 0.1) is 12.5 Å². The van der Waals surface area contributed by atoms with E-state index in [9.17, 15) is 19.5 Å². The monoisotopic (exact) mass is 337 g/mol. The van der Waals surface area contributed by atoms with Crippen LogP contribution in [0.1, 0.15) is 20.3 Å². The number of rotatable bonds is 5. The van der Waals surface area contributed by atoms with E-state index in [4.69, 9.17) is 0 Å². The number of likely N-dealkylation sites (N-methyl/N-ethyl adjacent to an activating group) is 1. The third-order valence-electron chi connectivity index (χ3n) is 4.06. The predicted octanol–water partition coefficient (Wildman–Crippen LogP) is -0.0325. The molecule has 0 bridgehead atoms. The maximum absolute atomic E-state index is 12.5. The molecular weight excluding hydrogens is 310 g/mol. The highest BCUT2D eigenvalue weighted by atomic mass is 16.4. The van der Waals surface area contributed by atoms with E-state index in [2.05, 4.69) is 11.8 Å². The summed E-state index contributed by atoms with van der Waals surface area (Å²) in [6, 6.07) is -0.859. The highest BCUT2D eigenvalue weighted by molar-refractivity contribution is 5.94. The minimum atomic E-state index is -1.01. The fraction of sp³-hybridized carbons (Fsp3) is 0.706. The number of carboxylic acid groups (broad SMARTS) is 1. The number of hydrogen-bond acceptors (Lipinski definition) is 4. The normalized spacial score (nSPS) is 18.3. The van der Waals surface area contributed by atoms with Gasteiger partial charge in [0.1, 0.15) is 6.04 Å². The summed E-state index contributed by atoms with van der Waals surface area (Å²) in [4.78, 5) is 40.7. The third kappa shape index (κ3) is 5.24. The van der Waals surface area contributed by atoms with Gasteiger partial charge in [0.25, 0.3) is 5.91 Å². The molecule has 1 rings (SSSR count). The van der Waals surface area contributed by atoms with Crippen LogP contribution in [0.15, 0.2) is 0 Å². The van der Waals surface area contributed by atoms with Crippen molar-refractivity contribution in [2.75, 3.05) is 40.8 Å². The fourth-order valence-electron chi connectivity index (χ4n) is 2.82. The SMILES string of the molecule is CC(C)[C@@H](C(=O)O)N(C)C(=O)[C@H]1CCN(C(=O)C#CCN(C)C)C1. The molecule has 2 atom stereocenters. The lowest BCUT2D eigenvalue weighted by Gasteiger charge is -2.29. The van der Waals surface area contributed by atoms with Gasteiger partial charge in [0, 0.05) is 20.1 Å². The molecule has 7 heteroatoms. The first-order valence-electron chi connectivity index (χ1n) is 8.07. The molecule has 0 aromatic rings. The van der Waals surface area contributed by atoms with Crippen molar-refractivity contribution in [2.24, 2.45) is 11.8 Å². The number of amides is 2. The molecule has 2 amide bonds. The van der Waals surface area contributed by atoms with Crippen LogP contribution < -0.4 is 0 Å². The van der Waals surface area contributed by atoms with E-state index in [1.807, 2.05) is 19.0 Å². The number of likely N-dealkylation sites (tertiary alicyclic amines) is 1. The topological polar surface area (TPSA) is 81.2 Å². The van der Waals surface area contributed by atoms with Crippen molar-refractivity contribution < 1.29 is 19.5 Å². The first-order valence-corrected chi connectivity index (χ1v) is 8.07. The molecule has 0 saturated carbocycles. The molecule has 7 nitrogen and oxygen atoms in total. The van der Waals surface area contributed by atoms with E-state index in [0.29, 0.717) is 26.1 Å². The van der Waals surface area contributed by atoms with Crippen LogP contribution in [0.25, 0.3) is 0 Å². The van der Waals surface area contributed by atoms with Crippen LogP contribution in [0.3, 0.4) is 0 Å². The molecule has 1 aliphatic heterocycles.